The van der Waals surface area contributed by atoms with E-state index in [1.807, 2.05) is 11.0 Å². The zero-order valence-electron chi connectivity index (χ0n) is 18.8. The molecule has 3 atom stereocenters. The van der Waals surface area contributed by atoms with E-state index in [-0.39, 0.29) is 29.6 Å². The van der Waals surface area contributed by atoms with Gasteiger partial charge in [0.15, 0.2) is 5.69 Å². The molecule has 0 aromatic carbocycles. The highest BCUT2D eigenvalue weighted by atomic mass is 19.4. The number of amides is 1. The summed E-state index contributed by atoms with van der Waals surface area (Å²) in [5, 5.41) is 7.08. The van der Waals surface area contributed by atoms with Crippen LogP contribution in [0.5, 0.6) is 0 Å². The fraction of sp³-hybridized carbons (Fsp3) is 0.417. The molecule has 3 aliphatic rings. The third-order valence-electron chi connectivity index (χ3n) is 7.14. The van der Waals surface area contributed by atoms with Crippen LogP contribution in [0.2, 0.25) is 0 Å². The van der Waals surface area contributed by atoms with E-state index in [2.05, 4.69) is 20.4 Å². The number of carbonyl (C=O) groups is 1. The van der Waals surface area contributed by atoms with Crippen LogP contribution in [0.25, 0.3) is 0 Å². The summed E-state index contributed by atoms with van der Waals surface area (Å²) in [4.78, 5) is 23.0. The zero-order valence-corrected chi connectivity index (χ0v) is 18.8. The van der Waals surface area contributed by atoms with Gasteiger partial charge in [-0.1, -0.05) is 12.1 Å². The van der Waals surface area contributed by atoms with Gasteiger partial charge in [-0.05, 0) is 48.8 Å². The van der Waals surface area contributed by atoms with Gasteiger partial charge in [-0.15, -0.1) is 0 Å². The SMILES string of the molecule is Nc1ccc2c(n1)CC[C@H]2NC(=O)c1cnn(Cc2ccc(N3CC4CC4C3)nc2C(F)(F)F)c1. The summed E-state index contributed by atoms with van der Waals surface area (Å²) in [7, 11) is 0. The van der Waals surface area contributed by atoms with Crippen molar-refractivity contribution < 1.29 is 18.0 Å². The number of piperidine rings is 1. The maximum atomic E-state index is 13.8. The predicted molar refractivity (Wildman–Crippen MR) is 122 cm³/mol. The van der Waals surface area contributed by atoms with E-state index in [4.69, 9.17) is 5.73 Å². The van der Waals surface area contributed by atoms with Crippen LogP contribution in [0.3, 0.4) is 0 Å². The van der Waals surface area contributed by atoms with Crippen molar-refractivity contribution in [1.82, 2.24) is 25.1 Å². The second-order valence-corrected chi connectivity index (χ2v) is 9.60. The van der Waals surface area contributed by atoms with Crippen molar-refractivity contribution in [3.8, 4) is 0 Å². The van der Waals surface area contributed by atoms with Crippen molar-refractivity contribution in [2.75, 3.05) is 23.7 Å². The Kier molecular flexibility index (Phi) is 4.97. The number of nitrogens with two attached hydrogens (primary N) is 1. The molecule has 8 nitrogen and oxygen atoms in total. The van der Waals surface area contributed by atoms with Crippen molar-refractivity contribution in [1.29, 1.82) is 0 Å². The van der Waals surface area contributed by atoms with E-state index >= 15 is 0 Å². The molecule has 1 saturated carbocycles. The number of nitrogens with zero attached hydrogens (tertiary/aromatic N) is 5. The molecule has 3 aromatic heterocycles. The molecule has 3 aromatic rings. The number of carbonyl (C=O) groups excluding carboxylic acids is 1. The first-order chi connectivity index (χ1) is 16.7. The third kappa shape index (κ3) is 4.19. The fourth-order valence-corrected chi connectivity index (χ4v) is 5.23. The standard InChI is InChI=1S/C24H24F3N7O/c25-24(26,27)22-13(1-6-21(32-22)33-9-14-7-15(14)10-33)11-34-12-16(8-29-34)23(35)31-19-4-3-18-17(19)2-5-20(28)30-18/h1-2,5-6,8,12,14-15,19H,3-4,7,9-11H2,(H2,28,30)(H,31,35)/t14?,15?,19-/m1/s1. The van der Waals surface area contributed by atoms with Crippen LogP contribution >= 0.6 is 0 Å². The molecule has 2 unspecified atom stereocenters. The lowest BCUT2D eigenvalue weighted by atomic mass is 10.1. The summed E-state index contributed by atoms with van der Waals surface area (Å²) in [5.74, 6) is 1.64. The van der Waals surface area contributed by atoms with Crippen LogP contribution in [-0.2, 0) is 19.1 Å². The number of alkyl halides is 3. The Labute approximate surface area is 199 Å². The second-order valence-electron chi connectivity index (χ2n) is 9.60. The smallest absolute Gasteiger partial charge is 0.384 e. The highest BCUT2D eigenvalue weighted by Crippen LogP contribution is 2.46. The lowest BCUT2D eigenvalue weighted by Gasteiger charge is -2.21. The summed E-state index contributed by atoms with van der Waals surface area (Å²) >= 11 is 0. The highest BCUT2D eigenvalue weighted by molar-refractivity contribution is 5.94. The number of rotatable bonds is 5. The molecule has 0 radical (unpaired) electrons. The molecule has 182 valence electrons. The summed E-state index contributed by atoms with van der Waals surface area (Å²) in [5.41, 5.74) is 6.90. The first-order valence-corrected chi connectivity index (χ1v) is 11.7. The molecule has 2 aliphatic carbocycles. The minimum Gasteiger partial charge on any atom is -0.384 e. The van der Waals surface area contributed by atoms with Gasteiger partial charge in [0, 0.05) is 30.5 Å². The molecule has 2 fully saturated rings. The maximum absolute atomic E-state index is 13.8. The summed E-state index contributed by atoms with van der Waals surface area (Å²) in [6, 6.07) is 6.47. The lowest BCUT2D eigenvalue weighted by molar-refractivity contribution is -0.141. The molecular formula is C24H24F3N7O. The van der Waals surface area contributed by atoms with E-state index in [1.54, 1.807) is 12.1 Å². The number of anilines is 2. The van der Waals surface area contributed by atoms with Gasteiger partial charge in [-0.25, -0.2) is 9.97 Å². The molecule has 1 amide bonds. The zero-order chi connectivity index (χ0) is 24.3. The Balaban J connectivity index is 1.17. The van der Waals surface area contributed by atoms with Crippen molar-refractivity contribution in [2.24, 2.45) is 11.8 Å². The number of aromatic nitrogens is 4. The Hall–Kier alpha value is -3.63. The van der Waals surface area contributed by atoms with E-state index < -0.39 is 11.9 Å². The Morgan fingerprint density at radius 1 is 1.14 bits per heavy atom. The van der Waals surface area contributed by atoms with E-state index in [0.29, 0.717) is 36.3 Å². The molecule has 1 saturated heterocycles. The van der Waals surface area contributed by atoms with Crippen molar-refractivity contribution in [3.05, 3.63) is 64.7 Å². The summed E-state index contributed by atoms with van der Waals surface area (Å²) < 4.78 is 42.8. The van der Waals surface area contributed by atoms with E-state index in [1.165, 1.54) is 23.1 Å². The first-order valence-electron chi connectivity index (χ1n) is 11.7. The molecule has 0 spiro atoms. The number of nitrogens with one attached hydrogen (secondary N) is 1. The largest absolute Gasteiger partial charge is 0.433 e. The van der Waals surface area contributed by atoms with Gasteiger partial charge in [0.2, 0.25) is 0 Å². The molecule has 11 heteroatoms. The van der Waals surface area contributed by atoms with Gasteiger partial charge < -0.3 is 16.0 Å². The van der Waals surface area contributed by atoms with Gasteiger partial charge in [-0.3, -0.25) is 9.48 Å². The van der Waals surface area contributed by atoms with Crippen molar-refractivity contribution in [3.63, 3.8) is 0 Å². The number of hydrogen-bond donors (Lipinski definition) is 2. The normalized spacial score (nSPS) is 22.7. The molecule has 35 heavy (non-hydrogen) atoms. The van der Waals surface area contributed by atoms with Crippen LogP contribution in [0.4, 0.5) is 24.8 Å². The average Bonchev–Trinajstić information content (AvgIpc) is 3.17. The number of fused-ring (bicyclic) bond motifs is 2. The number of nitrogen functional groups attached to an aromatic ring is 1. The predicted octanol–water partition coefficient (Wildman–Crippen LogP) is 3.20. The van der Waals surface area contributed by atoms with Crippen LogP contribution < -0.4 is 16.0 Å². The lowest BCUT2D eigenvalue weighted by Crippen LogP contribution is -2.27. The molecule has 3 N–H and O–H groups in total. The fourth-order valence-electron chi connectivity index (χ4n) is 5.23. The van der Waals surface area contributed by atoms with Gasteiger partial charge in [-0.2, -0.15) is 18.3 Å². The summed E-state index contributed by atoms with van der Waals surface area (Å²) in [6.45, 7) is 1.39. The van der Waals surface area contributed by atoms with Gasteiger partial charge in [0.1, 0.15) is 11.6 Å². The molecule has 0 bridgehead atoms. The number of halogens is 3. The molecule has 6 rings (SSSR count). The minimum atomic E-state index is -4.59. The maximum Gasteiger partial charge on any atom is 0.433 e. The van der Waals surface area contributed by atoms with Gasteiger partial charge >= 0.3 is 6.18 Å². The average molecular weight is 483 g/mol. The number of pyridine rings is 2. The molecular weight excluding hydrogens is 459 g/mol. The quantitative estimate of drug-likeness (QED) is 0.578. The Morgan fingerprint density at radius 3 is 2.71 bits per heavy atom. The minimum absolute atomic E-state index is 0.00838. The monoisotopic (exact) mass is 483 g/mol. The third-order valence-corrected chi connectivity index (χ3v) is 7.14. The molecule has 1 aliphatic heterocycles. The number of aryl methyl sites for hydroxylation is 1. The van der Waals surface area contributed by atoms with Gasteiger partial charge in [0.05, 0.1) is 24.3 Å². The number of hydrogen-bond acceptors (Lipinski definition) is 6. The van der Waals surface area contributed by atoms with E-state index in [9.17, 15) is 18.0 Å². The van der Waals surface area contributed by atoms with Crippen LogP contribution in [0.15, 0.2) is 36.7 Å². The van der Waals surface area contributed by atoms with Crippen LogP contribution in [0.1, 0.15) is 51.8 Å². The Bertz CT molecular complexity index is 1290. The highest BCUT2D eigenvalue weighted by Gasteiger charge is 2.46. The van der Waals surface area contributed by atoms with Crippen LogP contribution in [0, 0.1) is 11.8 Å². The second kappa shape index (κ2) is 7.96. The summed E-state index contributed by atoms with van der Waals surface area (Å²) in [6.07, 6.45) is 0.805. The topological polar surface area (TPSA) is 102 Å². The van der Waals surface area contributed by atoms with E-state index in [0.717, 1.165) is 30.8 Å². The van der Waals surface area contributed by atoms with Crippen molar-refractivity contribution in [2.45, 2.75) is 38.0 Å². The van der Waals surface area contributed by atoms with Crippen LogP contribution in [-0.4, -0.2) is 38.7 Å². The van der Waals surface area contributed by atoms with Gasteiger partial charge in [0.25, 0.3) is 5.91 Å². The molecule has 4 heterocycles. The first kappa shape index (κ1) is 21.9. The van der Waals surface area contributed by atoms with Crippen molar-refractivity contribution >= 4 is 17.5 Å². The Morgan fingerprint density at radius 2 is 1.94 bits per heavy atom.